The van der Waals surface area contributed by atoms with Gasteiger partial charge in [-0.2, -0.15) is 0 Å². The Morgan fingerprint density at radius 2 is 1.70 bits per heavy atom. The van der Waals surface area contributed by atoms with Crippen LogP contribution in [0.3, 0.4) is 0 Å². The Bertz CT molecular complexity index is 92.9. The Morgan fingerprint density at radius 3 is 2.10 bits per heavy atom. The monoisotopic (exact) mass is 252 g/mol. The van der Waals surface area contributed by atoms with Gasteiger partial charge in [-0.3, -0.25) is 0 Å². The molecule has 0 aromatic carbocycles. The Balaban J connectivity index is 2.32. The van der Waals surface area contributed by atoms with Crippen molar-refractivity contribution in [3.05, 3.63) is 0 Å². The highest BCUT2D eigenvalue weighted by Gasteiger charge is 2.23. The Hall–Kier alpha value is 0.730. The van der Waals surface area contributed by atoms with Crippen LogP contribution in [0.2, 0.25) is 0 Å². The van der Waals surface area contributed by atoms with Crippen LogP contribution >= 0.6 is 22.6 Å². The standard InChI is InChI=1S/C9H17I/c1-7(8(2)10)9-5-3-4-6-9/h7-9H,3-6H2,1-2H3. The van der Waals surface area contributed by atoms with E-state index in [4.69, 9.17) is 0 Å². The lowest BCUT2D eigenvalue weighted by molar-refractivity contribution is 0.372. The van der Waals surface area contributed by atoms with E-state index in [-0.39, 0.29) is 0 Å². The van der Waals surface area contributed by atoms with Crippen molar-refractivity contribution in [1.29, 1.82) is 0 Å². The van der Waals surface area contributed by atoms with Crippen molar-refractivity contribution < 1.29 is 0 Å². The van der Waals surface area contributed by atoms with Gasteiger partial charge in [-0.25, -0.2) is 0 Å². The maximum absolute atomic E-state index is 2.56. The number of rotatable bonds is 2. The first-order valence-corrected chi connectivity index (χ1v) is 5.60. The van der Waals surface area contributed by atoms with Gasteiger partial charge in [-0.15, -0.1) is 0 Å². The second-order valence-electron chi connectivity index (χ2n) is 3.58. The third kappa shape index (κ3) is 2.11. The summed E-state index contributed by atoms with van der Waals surface area (Å²) in [6, 6.07) is 0. The van der Waals surface area contributed by atoms with E-state index in [9.17, 15) is 0 Å². The van der Waals surface area contributed by atoms with Gasteiger partial charge >= 0.3 is 0 Å². The molecule has 0 amide bonds. The van der Waals surface area contributed by atoms with Crippen molar-refractivity contribution in [1.82, 2.24) is 0 Å². The van der Waals surface area contributed by atoms with E-state index < -0.39 is 0 Å². The summed E-state index contributed by atoms with van der Waals surface area (Å²) in [7, 11) is 0. The molecule has 0 bridgehead atoms. The molecule has 0 spiro atoms. The first kappa shape index (κ1) is 8.82. The minimum Gasteiger partial charge on any atom is -0.0826 e. The zero-order valence-electron chi connectivity index (χ0n) is 6.94. The molecule has 1 aliphatic carbocycles. The van der Waals surface area contributed by atoms with E-state index in [0.29, 0.717) is 0 Å². The molecule has 0 N–H and O–H groups in total. The minimum atomic E-state index is 0.862. The van der Waals surface area contributed by atoms with Gasteiger partial charge in [0.1, 0.15) is 0 Å². The molecule has 2 atom stereocenters. The van der Waals surface area contributed by atoms with Crippen molar-refractivity contribution in [3.63, 3.8) is 0 Å². The first-order valence-electron chi connectivity index (χ1n) is 4.36. The van der Waals surface area contributed by atoms with Crippen LogP contribution in [0.4, 0.5) is 0 Å². The van der Waals surface area contributed by atoms with Crippen LogP contribution in [0.1, 0.15) is 39.5 Å². The van der Waals surface area contributed by atoms with Crippen LogP contribution in [0.5, 0.6) is 0 Å². The van der Waals surface area contributed by atoms with E-state index >= 15 is 0 Å². The van der Waals surface area contributed by atoms with Crippen molar-refractivity contribution in [2.24, 2.45) is 11.8 Å². The van der Waals surface area contributed by atoms with Crippen LogP contribution in [0.25, 0.3) is 0 Å². The van der Waals surface area contributed by atoms with Gasteiger partial charge in [0.05, 0.1) is 0 Å². The maximum Gasteiger partial charge on any atom is 0.0110 e. The Morgan fingerprint density at radius 1 is 1.20 bits per heavy atom. The molecule has 0 aromatic heterocycles. The molecule has 0 aliphatic heterocycles. The van der Waals surface area contributed by atoms with Crippen LogP contribution in [0.15, 0.2) is 0 Å². The summed E-state index contributed by atoms with van der Waals surface area (Å²) in [5.74, 6) is 2.00. The molecule has 60 valence electrons. The zero-order valence-corrected chi connectivity index (χ0v) is 9.10. The van der Waals surface area contributed by atoms with Crippen LogP contribution in [-0.4, -0.2) is 3.92 Å². The van der Waals surface area contributed by atoms with E-state index in [1.165, 1.54) is 25.7 Å². The average molecular weight is 252 g/mol. The average Bonchev–Trinajstić information content (AvgIpc) is 2.36. The smallest absolute Gasteiger partial charge is 0.0110 e. The Labute approximate surface area is 77.9 Å². The molecule has 2 unspecified atom stereocenters. The SMILES string of the molecule is CC(I)C(C)C1CCCC1. The van der Waals surface area contributed by atoms with Crippen molar-refractivity contribution >= 4 is 22.6 Å². The molecule has 10 heavy (non-hydrogen) atoms. The lowest BCUT2D eigenvalue weighted by Gasteiger charge is -2.20. The summed E-state index contributed by atoms with van der Waals surface area (Å²) in [4.78, 5) is 0. The molecular weight excluding hydrogens is 235 g/mol. The van der Waals surface area contributed by atoms with Gasteiger partial charge < -0.3 is 0 Å². The maximum atomic E-state index is 2.56. The topological polar surface area (TPSA) is 0 Å². The fourth-order valence-corrected chi connectivity index (χ4v) is 2.45. The van der Waals surface area contributed by atoms with Crippen molar-refractivity contribution in [3.8, 4) is 0 Å². The summed E-state index contributed by atoms with van der Waals surface area (Å²) in [6.07, 6.45) is 5.96. The molecule has 0 aromatic rings. The molecule has 0 nitrogen and oxygen atoms in total. The van der Waals surface area contributed by atoms with Gasteiger partial charge in [0.15, 0.2) is 0 Å². The second-order valence-corrected chi connectivity index (χ2v) is 5.55. The largest absolute Gasteiger partial charge is 0.0826 e. The summed E-state index contributed by atoms with van der Waals surface area (Å²) >= 11 is 2.56. The molecule has 1 saturated carbocycles. The predicted octanol–water partition coefficient (Wildman–Crippen LogP) is 3.64. The van der Waals surface area contributed by atoms with E-state index in [2.05, 4.69) is 36.4 Å². The van der Waals surface area contributed by atoms with E-state index in [0.717, 1.165) is 15.8 Å². The van der Waals surface area contributed by atoms with Crippen LogP contribution in [0, 0.1) is 11.8 Å². The summed E-state index contributed by atoms with van der Waals surface area (Å²) in [5.41, 5.74) is 0. The first-order chi connectivity index (χ1) is 4.72. The van der Waals surface area contributed by atoms with Gasteiger partial charge in [-0.1, -0.05) is 62.1 Å². The number of hydrogen-bond acceptors (Lipinski definition) is 0. The molecule has 0 heterocycles. The second kappa shape index (κ2) is 3.93. The van der Waals surface area contributed by atoms with Gasteiger partial charge in [0.2, 0.25) is 0 Å². The third-order valence-corrected chi connectivity index (χ3v) is 4.00. The molecule has 1 fully saturated rings. The van der Waals surface area contributed by atoms with Crippen LogP contribution < -0.4 is 0 Å². The highest BCUT2D eigenvalue weighted by molar-refractivity contribution is 14.1. The van der Waals surface area contributed by atoms with Gasteiger partial charge in [0.25, 0.3) is 0 Å². The molecule has 1 heteroatoms. The normalized spacial score (nSPS) is 26.7. The third-order valence-electron chi connectivity index (χ3n) is 2.87. The number of alkyl halides is 1. The summed E-state index contributed by atoms with van der Waals surface area (Å²) in [5, 5.41) is 0. The molecule has 0 saturated heterocycles. The van der Waals surface area contributed by atoms with Crippen LogP contribution in [-0.2, 0) is 0 Å². The molecule has 0 radical (unpaired) electrons. The van der Waals surface area contributed by atoms with Crippen molar-refractivity contribution in [2.75, 3.05) is 0 Å². The highest BCUT2D eigenvalue weighted by atomic mass is 127. The minimum absolute atomic E-state index is 0.862. The molecular formula is C9H17I. The number of halogens is 1. The summed E-state index contributed by atoms with van der Waals surface area (Å²) in [6.45, 7) is 4.75. The zero-order chi connectivity index (χ0) is 7.56. The van der Waals surface area contributed by atoms with Crippen molar-refractivity contribution in [2.45, 2.75) is 43.5 Å². The van der Waals surface area contributed by atoms with E-state index in [1.54, 1.807) is 0 Å². The van der Waals surface area contributed by atoms with Gasteiger partial charge in [0, 0.05) is 3.92 Å². The summed E-state index contributed by atoms with van der Waals surface area (Å²) < 4.78 is 0.862. The van der Waals surface area contributed by atoms with Gasteiger partial charge in [-0.05, 0) is 11.8 Å². The molecule has 1 rings (SSSR count). The fraction of sp³-hybridized carbons (Fsp3) is 1.00. The molecule has 1 aliphatic rings. The quantitative estimate of drug-likeness (QED) is 0.520. The van der Waals surface area contributed by atoms with E-state index in [1.807, 2.05) is 0 Å². The predicted molar refractivity (Wildman–Crippen MR) is 54.6 cm³/mol. The number of hydrogen-bond donors (Lipinski definition) is 0. The highest BCUT2D eigenvalue weighted by Crippen LogP contribution is 2.34. The lowest BCUT2D eigenvalue weighted by atomic mass is 9.91. The lowest BCUT2D eigenvalue weighted by Crippen LogP contribution is -2.15. The fourth-order valence-electron chi connectivity index (χ4n) is 1.86. The Kier molecular flexibility index (Phi) is 3.47.